The number of guanidine groups is 1. The molecule has 1 atom stereocenters. The van der Waals surface area contributed by atoms with Crippen LogP contribution >= 0.6 is 0 Å². The highest BCUT2D eigenvalue weighted by atomic mass is 15.2. The highest BCUT2D eigenvalue weighted by molar-refractivity contribution is 5.95. The van der Waals surface area contributed by atoms with Gasteiger partial charge in [0.15, 0.2) is 0 Å². The van der Waals surface area contributed by atoms with E-state index in [4.69, 9.17) is 5.73 Å². The number of aliphatic imine (C=N–C) groups is 1. The Morgan fingerprint density at radius 2 is 2.04 bits per heavy atom. The number of benzene rings is 1. The second kappa shape index (κ2) is 7.62. The molecular weight excluding hydrogens is 286 g/mol. The molecule has 1 aliphatic rings. The zero-order valence-electron chi connectivity index (χ0n) is 14.7. The van der Waals surface area contributed by atoms with E-state index in [0.29, 0.717) is 5.96 Å². The molecular formula is C18H29N5. The van der Waals surface area contributed by atoms with E-state index in [1.54, 1.807) is 0 Å². The highest BCUT2D eigenvalue weighted by Crippen LogP contribution is 2.20. The Morgan fingerprint density at radius 1 is 1.26 bits per heavy atom. The molecule has 0 spiro atoms. The van der Waals surface area contributed by atoms with Gasteiger partial charge in [-0.3, -0.25) is 0 Å². The second-order valence-electron chi connectivity index (χ2n) is 6.63. The molecule has 1 unspecified atom stereocenters. The van der Waals surface area contributed by atoms with E-state index in [9.17, 15) is 0 Å². The van der Waals surface area contributed by atoms with Gasteiger partial charge in [0.05, 0.1) is 0 Å². The summed E-state index contributed by atoms with van der Waals surface area (Å²) >= 11 is 0. The van der Waals surface area contributed by atoms with Gasteiger partial charge in [-0.25, -0.2) is 4.99 Å². The Hall–Kier alpha value is -1.85. The fourth-order valence-corrected chi connectivity index (χ4v) is 2.58. The van der Waals surface area contributed by atoms with E-state index in [1.807, 2.05) is 12.3 Å². The smallest absolute Gasteiger partial charge is 0.202 e. The first-order valence-corrected chi connectivity index (χ1v) is 8.20. The Balaban J connectivity index is 1.99. The van der Waals surface area contributed by atoms with Crippen LogP contribution in [0.25, 0.3) is 0 Å². The third-order valence-electron chi connectivity index (χ3n) is 3.99. The number of rotatable bonds is 6. The Kier molecular flexibility index (Phi) is 5.80. The van der Waals surface area contributed by atoms with Crippen LogP contribution < -0.4 is 16.4 Å². The summed E-state index contributed by atoms with van der Waals surface area (Å²) in [5, 5.41) is 6.50. The molecule has 126 valence electrons. The van der Waals surface area contributed by atoms with Gasteiger partial charge >= 0.3 is 0 Å². The number of aryl methyl sites for hydroxylation is 2. The van der Waals surface area contributed by atoms with Crippen LogP contribution in [0, 0.1) is 13.8 Å². The molecule has 0 aliphatic carbocycles. The lowest BCUT2D eigenvalue weighted by molar-refractivity contribution is 0.376. The predicted octanol–water partition coefficient (Wildman–Crippen LogP) is 2.58. The summed E-state index contributed by atoms with van der Waals surface area (Å²) in [5.41, 5.74) is 9.25. The number of nitrogens with zero attached hydrogens (tertiary/aromatic N) is 2. The van der Waals surface area contributed by atoms with Crippen molar-refractivity contribution in [2.45, 2.75) is 38.8 Å². The predicted molar refractivity (Wildman–Crippen MR) is 98.6 cm³/mol. The molecule has 0 amide bonds. The van der Waals surface area contributed by atoms with Gasteiger partial charge in [0, 0.05) is 11.9 Å². The maximum absolute atomic E-state index is 6.42. The molecule has 0 saturated carbocycles. The Bertz CT molecular complexity index is 591. The van der Waals surface area contributed by atoms with Crippen molar-refractivity contribution in [3.63, 3.8) is 0 Å². The maximum Gasteiger partial charge on any atom is 0.202 e. The SMILES string of the molecule is Cc1ccc(C)c(NC2=NC(N)(CCCCN(C)C)C=CN2)c1. The van der Waals surface area contributed by atoms with Crippen LogP contribution in [0.4, 0.5) is 5.69 Å². The molecule has 0 fully saturated rings. The quantitative estimate of drug-likeness (QED) is 0.706. The zero-order chi connectivity index (χ0) is 16.9. The van der Waals surface area contributed by atoms with Crippen molar-refractivity contribution >= 4 is 11.6 Å². The molecule has 5 heteroatoms. The largest absolute Gasteiger partial charge is 0.333 e. The van der Waals surface area contributed by atoms with Gasteiger partial charge in [-0.15, -0.1) is 0 Å². The van der Waals surface area contributed by atoms with E-state index in [-0.39, 0.29) is 0 Å². The molecule has 0 bridgehead atoms. The van der Waals surface area contributed by atoms with Crippen molar-refractivity contribution in [1.82, 2.24) is 10.2 Å². The zero-order valence-corrected chi connectivity index (χ0v) is 14.7. The fourth-order valence-electron chi connectivity index (χ4n) is 2.58. The third-order valence-corrected chi connectivity index (χ3v) is 3.99. The van der Waals surface area contributed by atoms with Gasteiger partial charge < -0.3 is 21.3 Å². The summed E-state index contributed by atoms with van der Waals surface area (Å²) < 4.78 is 0. The number of hydrogen-bond donors (Lipinski definition) is 3. The standard InChI is InChI=1S/C18H29N5/c1-14-7-8-15(2)16(13-14)21-17-20-11-10-18(19,22-17)9-5-6-12-23(3)4/h7-8,10-11,13H,5-6,9,12,19H2,1-4H3,(H2,20,21,22). The molecule has 4 N–H and O–H groups in total. The van der Waals surface area contributed by atoms with Crippen LogP contribution in [0.5, 0.6) is 0 Å². The van der Waals surface area contributed by atoms with Crippen LogP contribution in [0.1, 0.15) is 30.4 Å². The van der Waals surface area contributed by atoms with Crippen molar-refractivity contribution in [2.75, 3.05) is 26.0 Å². The maximum atomic E-state index is 6.42. The summed E-state index contributed by atoms with van der Waals surface area (Å²) in [6.07, 6.45) is 6.85. The molecule has 5 nitrogen and oxygen atoms in total. The van der Waals surface area contributed by atoms with Gasteiger partial charge in [0.25, 0.3) is 0 Å². The van der Waals surface area contributed by atoms with Crippen LogP contribution in [0.15, 0.2) is 35.5 Å². The summed E-state index contributed by atoms with van der Waals surface area (Å²) in [6.45, 7) is 5.24. The lowest BCUT2D eigenvalue weighted by atomic mass is 10.0. The van der Waals surface area contributed by atoms with Crippen molar-refractivity contribution < 1.29 is 0 Å². The Morgan fingerprint density at radius 3 is 2.78 bits per heavy atom. The first kappa shape index (κ1) is 17.5. The van der Waals surface area contributed by atoms with Crippen LogP contribution in [-0.2, 0) is 0 Å². The summed E-state index contributed by atoms with van der Waals surface area (Å²) in [4.78, 5) is 6.86. The average Bonchev–Trinajstić information content (AvgIpc) is 2.47. The van der Waals surface area contributed by atoms with Crippen molar-refractivity contribution in [1.29, 1.82) is 0 Å². The van der Waals surface area contributed by atoms with Crippen molar-refractivity contribution in [3.05, 3.63) is 41.6 Å². The summed E-state index contributed by atoms with van der Waals surface area (Å²) in [7, 11) is 4.18. The fraction of sp³-hybridized carbons (Fsp3) is 0.500. The topological polar surface area (TPSA) is 65.7 Å². The number of anilines is 1. The van der Waals surface area contributed by atoms with E-state index in [0.717, 1.165) is 31.5 Å². The van der Waals surface area contributed by atoms with Crippen LogP contribution in [0.3, 0.4) is 0 Å². The molecule has 1 aliphatic heterocycles. The van der Waals surface area contributed by atoms with E-state index in [1.165, 1.54) is 11.1 Å². The highest BCUT2D eigenvalue weighted by Gasteiger charge is 2.23. The lowest BCUT2D eigenvalue weighted by Gasteiger charge is -2.27. The molecule has 1 aromatic rings. The van der Waals surface area contributed by atoms with E-state index < -0.39 is 5.66 Å². The van der Waals surface area contributed by atoms with Crippen LogP contribution in [-0.4, -0.2) is 37.2 Å². The summed E-state index contributed by atoms with van der Waals surface area (Å²) in [5.74, 6) is 0.705. The minimum atomic E-state index is -0.627. The van der Waals surface area contributed by atoms with Gasteiger partial charge in [-0.1, -0.05) is 12.1 Å². The van der Waals surface area contributed by atoms with Crippen molar-refractivity contribution in [3.8, 4) is 0 Å². The number of hydrogen-bond acceptors (Lipinski definition) is 5. The number of nitrogens with two attached hydrogens (primary N) is 1. The molecule has 1 heterocycles. The Labute approximate surface area is 139 Å². The minimum Gasteiger partial charge on any atom is -0.333 e. The number of nitrogens with one attached hydrogen (secondary N) is 2. The number of unbranched alkanes of at least 4 members (excludes halogenated alkanes) is 1. The monoisotopic (exact) mass is 315 g/mol. The first-order valence-electron chi connectivity index (χ1n) is 8.20. The van der Waals surface area contributed by atoms with E-state index >= 15 is 0 Å². The van der Waals surface area contributed by atoms with Gasteiger partial charge in [0.2, 0.25) is 5.96 Å². The van der Waals surface area contributed by atoms with Crippen LogP contribution in [0.2, 0.25) is 0 Å². The molecule has 23 heavy (non-hydrogen) atoms. The van der Waals surface area contributed by atoms with Gasteiger partial charge in [-0.05, 0) is 77.0 Å². The lowest BCUT2D eigenvalue weighted by Crippen LogP contribution is -2.44. The van der Waals surface area contributed by atoms with E-state index in [2.05, 4.69) is 66.7 Å². The minimum absolute atomic E-state index is 0.627. The molecule has 0 radical (unpaired) electrons. The van der Waals surface area contributed by atoms with Crippen molar-refractivity contribution in [2.24, 2.45) is 10.7 Å². The van der Waals surface area contributed by atoms with Gasteiger partial charge in [0.1, 0.15) is 5.66 Å². The molecule has 0 aromatic heterocycles. The molecule has 0 saturated heterocycles. The first-order chi connectivity index (χ1) is 10.9. The molecule has 2 rings (SSSR count). The normalized spacial score (nSPS) is 20.3. The average molecular weight is 315 g/mol. The summed E-state index contributed by atoms with van der Waals surface area (Å²) in [6, 6.07) is 6.33. The molecule has 1 aromatic carbocycles. The second-order valence-corrected chi connectivity index (χ2v) is 6.63. The third kappa shape index (κ3) is 5.37. The van der Waals surface area contributed by atoms with Gasteiger partial charge in [-0.2, -0.15) is 0 Å².